The minimum absolute atomic E-state index is 0.254. The van der Waals surface area contributed by atoms with E-state index in [4.69, 9.17) is 0 Å². The SMILES string of the molecule is C=CC=C.Cc1ccccc1[C@@H]1CN(C)Cc2cccc(SF)c21. The molecule has 1 aliphatic rings. The highest BCUT2D eigenvalue weighted by molar-refractivity contribution is 7.94. The quantitative estimate of drug-likeness (QED) is 0.639. The average Bonchev–Trinajstić information content (AvgIpc) is 2.61. The second-order valence-electron chi connectivity index (χ2n) is 5.98. The molecular weight excluding hydrogens is 317 g/mol. The number of allylic oxidation sites excluding steroid dienone is 2. The van der Waals surface area contributed by atoms with E-state index in [1.54, 1.807) is 12.2 Å². The Hall–Kier alpha value is -1.84. The van der Waals surface area contributed by atoms with E-state index in [1.807, 2.05) is 12.1 Å². The van der Waals surface area contributed by atoms with Gasteiger partial charge in [-0.05, 0) is 42.3 Å². The van der Waals surface area contributed by atoms with Crippen molar-refractivity contribution < 1.29 is 3.89 Å². The lowest BCUT2D eigenvalue weighted by molar-refractivity contribution is 0.293. The smallest absolute Gasteiger partial charge is 0.0815 e. The Bertz CT molecular complexity index is 705. The second kappa shape index (κ2) is 8.86. The third-order valence-corrected chi connectivity index (χ3v) is 4.78. The molecule has 0 N–H and O–H groups in total. The van der Waals surface area contributed by atoms with Crippen molar-refractivity contribution in [1.29, 1.82) is 0 Å². The first-order valence-electron chi connectivity index (χ1n) is 8.00. The third-order valence-electron chi connectivity index (χ3n) is 4.25. The molecule has 0 fully saturated rings. The first kappa shape index (κ1) is 18.5. The van der Waals surface area contributed by atoms with Gasteiger partial charge in [-0.25, -0.2) is 0 Å². The maximum Gasteiger partial charge on any atom is 0.0815 e. The van der Waals surface area contributed by atoms with Crippen LogP contribution in [0.5, 0.6) is 0 Å². The first-order chi connectivity index (χ1) is 11.6. The van der Waals surface area contributed by atoms with Crippen molar-refractivity contribution in [1.82, 2.24) is 4.90 Å². The largest absolute Gasteiger partial charge is 0.301 e. The van der Waals surface area contributed by atoms with Crippen LogP contribution in [0.15, 0.2) is 72.7 Å². The molecule has 0 aromatic heterocycles. The molecule has 126 valence electrons. The second-order valence-corrected chi connectivity index (χ2v) is 6.58. The molecule has 1 heterocycles. The Balaban J connectivity index is 0.000000471. The van der Waals surface area contributed by atoms with E-state index in [-0.39, 0.29) is 5.92 Å². The normalized spacial score (nSPS) is 16.5. The van der Waals surface area contributed by atoms with Gasteiger partial charge >= 0.3 is 0 Å². The number of hydrogen-bond donors (Lipinski definition) is 0. The van der Waals surface area contributed by atoms with Crippen LogP contribution in [-0.4, -0.2) is 18.5 Å². The van der Waals surface area contributed by atoms with E-state index < -0.39 is 0 Å². The minimum atomic E-state index is 0.254. The maximum absolute atomic E-state index is 13.3. The number of fused-ring (bicyclic) bond motifs is 1. The van der Waals surface area contributed by atoms with Crippen LogP contribution in [-0.2, 0) is 6.54 Å². The van der Waals surface area contributed by atoms with Gasteiger partial charge in [0.2, 0.25) is 0 Å². The zero-order valence-electron chi connectivity index (χ0n) is 14.3. The van der Waals surface area contributed by atoms with Crippen LogP contribution in [0.25, 0.3) is 0 Å². The van der Waals surface area contributed by atoms with Crippen molar-refractivity contribution in [2.45, 2.75) is 24.3 Å². The fourth-order valence-electron chi connectivity index (χ4n) is 3.18. The summed E-state index contributed by atoms with van der Waals surface area (Å²) in [5.74, 6) is 0.254. The molecule has 0 radical (unpaired) electrons. The molecule has 2 aromatic rings. The van der Waals surface area contributed by atoms with Crippen LogP contribution >= 0.6 is 12.1 Å². The van der Waals surface area contributed by atoms with Crippen LogP contribution in [0, 0.1) is 6.92 Å². The fraction of sp³-hybridized carbons (Fsp3) is 0.238. The molecule has 0 spiro atoms. The van der Waals surface area contributed by atoms with E-state index in [1.165, 1.54) is 22.3 Å². The summed E-state index contributed by atoms with van der Waals surface area (Å²) in [6.07, 6.45) is 3.28. The standard InChI is InChI=1S/C17H18FNS.C4H6/c1-12-6-3-4-8-14(12)15-11-19(2)10-13-7-5-9-16(20-18)17(13)15;1-3-4-2/h3-9,15H,10-11H2,1-2H3;3-4H,1-2H2/t15-;/m0./s1. The minimum Gasteiger partial charge on any atom is -0.301 e. The summed E-state index contributed by atoms with van der Waals surface area (Å²) in [5.41, 5.74) is 5.00. The summed E-state index contributed by atoms with van der Waals surface area (Å²) >= 11 is 0.370. The lowest BCUT2D eigenvalue weighted by Crippen LogP contribution is -2.31. The molecule has 0 aliphatic carbocycles. The molecule has 3 heteroatoms. The third kappa shape index (κ3) is 4.16. The van der Waals surface area contributed by atoms with Gasteiger partial charge in [0.05, 0.1) is 12.1 Å². The number of likely N-dealkylation sites (N-methyl/N-ethyl adjacent to an activating group) is 1. The highest BCUT2D eigenvalue weighted by Crippen LogP contribution is 2.40. The van der Waals surface area contributed by atoms with E-state index in [0.29, 0.717) is 12.1 Å². The van der Waals surface area contributed by atoms with Gasteiger partial charge in [0.25, 0.3) is 0 Å². The van der Waals surface area contributed by atoms with E-state index >= 15 is 0 Å². The first-order valence-corrected chi connectivity index (χ1v) is 8.72. The highest BCUT2D eigenvalue weighted by atomic mass is 32.2. The lowest BCUT2D eigenvalue weighted by Gasteiger charge is -2.34. The molecule has 1 nitrogen and oxygen atoms in total. The van der Waals surface area contributed by atoms with Crippen LogP contribution in [0.2, 0.25) is 0 Å². The van der Waals surface area contributed by atoms with Crippen molar-refractivity contribution in [3.63, 3.8) is 0 Å². The highest BCUT2D eigenvalue weighted by Gasteiger charge is 2.28. The summed E-state index contributed by atoms with van der Waals surface area (Å²) in [6, 6.07) is 14.4. The van der Waals surface area contributed by atoms with Crippen molar-refractivity contribution in [2.75, 3.05) is 13.6 Å². The zero-order chi connectivity index (χ0) is 17.5. The molecular formula is C21H24FNS. The Morgan fingerprint density at radius 3 is 2.46 bits per heavy atom. The predicted molar refractivity (Wildman–Crippen MR) is 103 cm³/mol. The summed E-state index contributed by atoms with van der Waals surface area (Å²) in [4.78, 5) is 3.08. The molecule has 0 unspecified atom stereocenters. The summed E-state index contributed by atoms with van der Waals surface area (Å²) in [7, 11) is 2.13. The number of benzene rings is 2. The van der Waals surface area contributed by atoms with E-state index in [2.05, 4.69) is 62.4 Å². The van der Waals surface area contributed by atoms with E-state index in [0.717, 1.165) is 18.0 Å². The summed E-state index contributed by atoms with van der Waals surface area (Å²) < 4.78 is 13.3. The van der Waals surface area contributed by atoms with Gasteiger partial charge in [0, 0.05) is 23.9 Å². The number of rotatable bonds is 3. The molecule has 1 atom stereocenters. The molecule has 2 aromatic carbocycles. The van der Waals surface area contributed by atoms with Gasteiger partial charge in [0.1, 0.15) is 0 Å². The van der Waals surface area contributed by atoms with Crippen molar-refractivity contribution >= 4 is 12.1 Å². The van der Waals surface area contributed by atoms with Gasteiger partial charge in [-0.1, -0.05) is 61.7 Å². The maximum atomic E-state index is 13.3. The lowest BCUT2D eigenvalue weighted by atomic mass is 9.83. The van der Waals surface area contributed by atoms with E-state index in [9.17, 15) is 3.89 Å². The van der Waals surface area contributed by atoms with Gasteiger partial charge in [-0.15, -0.1) is 0 Å². The Kier molecular flexibility index (Phi) is 6.83. The molecule has 3 rings (SSSR count). The molecule has 0 saturated heterocycles. The predicted octanol–water partition coefficient (Wildman–Crippen LogP) is 5.91. The number of halogens is 1. The molecule has 0 amide bonds. The fourth-order valence-corrected chi connectivity index (χ4v) is 3.67. The molecule has 0 bridgehead atoms. The Morgan fingerprint density at radius 1 is 1.12 bits per heavy atom. The van der Waals surface area contributed by atoms with Gasteiger partial charge in [0.15, 0.2) is 0 Å². The van der Waals surface area contributed by atoms with Gasteiger partial charge in [-0.2, -0.15) is 3.89 Å². The van der Waals surface area contributed by atoms with Crippen LogP contribution in [0.3, 0.4) is 0 Å². The summed E-state index contributed by atoms with van der Waals surface area (Å²) in [6.45, 7) is 10.7. The monoisotopic (exact) mass is 341 g/mol. The number of hydrogen-bond acceptors (Lipinski definition) is 2. The van der Waals surface area contributed by atoms with Crippen LogP contribution in [0.1, 0.15) is 28.2 Å². The van der Waals surface area contributed by atoms with Crippen molar-refractivity contribution in [3.05, 3.63) is 90.0 Å². The van der Waals surface area contributed by atoms with Crippen LogP contribution in [0.4, 0.5) is 3.89 Å². The number of nitrogens with zero attached hydrogens (tertiary/aromatic N) is 1. The molecule has 0 saturated carbocycles. The van der Waals surface area contributed by atoms with Gasteiger partial charge < -0.3 is 4.90 Å². The van der Waals surface area contributed by atoms with Crippen molar-refractivity contribution in [2.24, 2.45) is 0 Å². The molecule has 24 heavy (non-hydrogen) atoms. The average molecular weight is 341 g/mol. The molecule has 1 aliphatic heterocycles. The topological polar surface area (TPSA) is 3.24 Å². The number of aryl methyl sites for hydroxylation is 1. The Labute approximate surface area is 149 Å². The zero-order valence-corrected chi connectivity index (χ0v) is 15.2. The van der Waals surface area contributed by atoms with Crippen molar-refractivity contribution in [3.8, 4) is 0 Å². The summed E-state index contributed by atoms with van der Waals surface area (Å²) in [5, 5.41) is 0. The van der Waals surface area contributed by atoms with Gasteiger partial charge in [-0.3, -0.25) is 0 Å². The Morgan fingerprint density at radius 2 is 1.83 bits per heavy atom. The van der Waals surface area contributed by atoms with Crippen LogP contribution < -0.4 is 0 Å².